The highest BCUT2D eigenvalue weighted by Crippen LogP contribution is 2.29. The van der Waals surface area contributed by atoms with E-state index in [0.29, 0.717) is 6.42 Å². The maximum atomic E-state index is 11.5. The van der Waals surface area contributed by atoms with Crippen molar-refractivity contribution in [3.05, 3.63) is 53.6 Å². The first kappa shape index (κ1) is 13.8. The molecule has 1 heterocycles. The summed E-state index contributed by atoms with van der Waals surface area (Å²) >= 11 is 0. The lowest BCUT2D eigenvalue weighted by Gasteiger charge is -2.18. The molecule has 0 spiro atoms. The molecule has 0 saturated heterocycles. The first-order valence-corrected chi connectivity index (χ1v) is 7.28. The minimum Gasteiger partial charge on any atom is -0.326 e. The fourth-order valence-corrected chi connectivity index (χ4v) is 2.72. The molecule has 0 saturated carbocycles. The van der Waals surface area contributed by atoms with Crippen LogP contribution in [0.4, 0.5) is 5.69 Å². The number of aryl methyl sites for hydroxylation is 1. The van der Waals surface area contributed by atoms with Crippen molar-refractivity contribution in [2.45, 2.75) is 19.4 Å². The topological polar surface area (TPSA) is 32.3 Å². The zero-order chi connectivity index (χ0) is 14.8. The smallest absolute Gasteiger partial charge is 0.224 e. The van der Waals surface area contributed by atoms with Crippen LogP contribution in [0.1, 0.15) is 17.5 Å². The van der Waals surface area contributed by atoms with Crippen molar-refractivity contribution >= 4 is 11.6 Å². The number of fused-ring (bicyclic) bond motifs is 1. The Balaban J connectivity index is 1.87. The lowest BCUT2D eigenvalue weighted by molar-refractivity contribution is -0.116. The lowest BCUT2D eigenvalue weighted by Crippen LogP contribution is -2.18. The van der Waals surface area contributed by atoms with Crippen LogP contribution in [0, 0.1) is 0 Å². The second kappa shape index (κ2) is 5.70. The summed E-state index contributed by atoms with van der Waals surface area (Å²) in [6, 6.07) is 14.9. The van der Waals surface area contributed by atoms with Gasteiger partial charge in [0.1, 0.15) is 0 Å². The fraction of sp³-hybridized carbons (Fsp3) is 0.278. The Morgan fingerprint density at radius 2 is 1.71 bits per heavy atom. The highest BCUT2D eigenvalue weighted by atomic mass is 16.1. The van der Waals surface area contributed by atoms with Crippen molar-refractivity contribution in [2.24, 2.45) is 0 Å². The molecule has 3 rings (SSSR count). The van der Waals surface area contributed by atoms with Crippen LogP contribution in [-0.2, 0) is 17.8 Å². The van der Waals surface area contributed by atoms with Crippen molar-refractivity contribution in [2.75, 3.05) is 19.4 Å². The molecule has 0 aliphatic carbocycles. The third kappa shape index (κ3) is 3.14. The first-order valence-electron chi connectivity index (χ1n) is 7.28. The number of carbonyl (C=O) groups is 1. The summed E-state index contributed by atoms with van der Waals surface area (Å²) in [7, 11) is 4.14. The Morgan fingerprint density at radius 1 is 1.00 bits per heavy atom. The molecule has 0 unspecified atom stereocenters. The van der Waals surface area contributed by atoms with Gasteiger partial charge in [-0.15, -0.1) is 0 Å². The van der Waals surface area contributed by atoms with Crippen molar-refractivity contribution in [3.8, 4) is 11.1 Å². The van der Waals surface area contributed by atoms with E-state index in [1.165, 1.54) is 16.7 Å². The van der Waals surface area contributed by atoms with Gasteiger partial charge in [-0.3, -0.25) is 4.79 Å². The molecule has 0 radical (unpaired) electrons. The Hall–Kier alpha value is -2.13. The molecule has 1 aliphatic heterocycles. The maximum absolute atomic E-state index is 11.5. The molecule has 3 nitrogen and oxygen atoms in total. The molecule has 2 aromatic rings. The highest BCUT2D eigenvalue weighted by molar-refractivity contribution is 5.94. The zero-order valence-electron chi connectivity index (χ0n) is 12.5. The summed E-state index contributed by atoms with van der Waals surface area (Å²) in [6.07, 6.45) is 1.43. The number of benzene rings is 2. The van der Waals surface area contributed by atoms with Crippen LogP contribution >= 0.6 is 0 Å². The number of nitrogens with one attached hydrogen (secondary N) is 1. The molecule has 1 aliphatic rings. The number of hydrogen-bond acceptors (Lipinski definition) is 2. The Bertz CT molecular complexity index is 659. The van der Waals surface area contributed by atoms with Gasteiger partial charge in [0.25, 0.3) is 0 Å². The van der Waals surface area contributed by atoms with Gasteiger partial charge in [-0.25, -0.2) is 0 Å². The van der Waals surface area contributed by atoms with Gasteiger partial charge in [0, 0.05) is 18.7 Å². The van der Waals surface area contributed by atoms with Crippen molar-refractivity contribution in [1.82, 2.24) is 4.90 Å². The summed E-state index contributed by atoms with van der Waals surface area (Å²) in [5.41, 5.74) is 5.81. The zero-order valence-corrected chi connectivity index (χ0v) is 12.5. The van der Waals surface area contributed by atoms with E-state index in [0.717, 1.165) is 24.2 Å². The average molecular weight is 280 g/mol. The van der Waals surface area contributed by atoms with E-state index >= 15 is 0 Å². The average Bonchev–Trinajstić information content (AvgIpc) is 2.46. The quantitative estimate of drug-likeness (QED) is 0.935. The van der Waals surface area contributed by atoms with Crippen LogP contribution < -0.4 is 5.32 Å². The summed E-state index contributed by atoms with van der Waals surface area (Å²) in [6.45, 7) is 0.945. The molecule has 0 fully saturated rings. The van der Waals surface area contributed by atoms with Gasteiger partial charge >= 0.3 is 0 Å². The molecule has 3 heteroatoms. The third-order valence-electron chi connectivity index (χ3n) is 3.79. The van der Waals surface area contributed by atoms with Crippen molar-refractivity contribution in [3.63, 3.8) is 0 Å². The number of carbonyl (C=O) groups excluding carboxylic acids is 1. The summed E-state index contributed by atoms with van der Waals surface area (Å²) < 4.78 is 0. The molecule has 0 bridgehead atoms. The van der Waals surface area contributed by atoms with E-state index < -0.39 is 0 Å². The van der Waals surface area contributed by atoms with Crippen LogP contribution in [0.2, 0.25) is 0 Å². The largest absolute Gasteiger partial charge is 0.326 e. The van der Waals surface area contributed by atoms with Crippen LogP contribution in [0.25, 0.3) is 11.1 Å². The van der Waals surface area contributed by atoms with Crippen LogP contribution in [0.15, 0.2) is 42.5 Å². The summed E-state index contributed by atoms with van der Waals surface area (Å²) in [5.74, 6) is 0.112. The van der Waals surface area contributed by atoms with E-state index in [-0.39, 0.29) is 5.91 Å². The minimum atomic E-state index is 0.112. The Morgan fingerprint density at radius 3 is 2.43 bits per heavy atom. The molecule has 1 amide bonds. The van der Waals surface area contributed by atoms with Crippen LogP contribution in [-0.4, -0.2) is 24.9 Å². The predicted octanol–water partition coefficient (Wildman–Crippen LogP) is 3.30. The fourth-order valence-electron chi connectivity index (χ4n) is 2.72. The monoisotopic (exact) mass is 280 g/mol. The minimum absolute atomic E-state index is 0.112. The van der Waals surface area contributed by atoms with Gasteiger partial charge in [-0.05, 0) is 48.8 Å². The molecule has 0 aromatic heterocycles. The van der Waals surface area contributed by atoms with Gasteiger partial charge in [0.05, 0.1) is 0 Å². The lowest BCUT2D eigenvalue weighted by atomic mass is 9.97. The molecule has 21 heavy (non-hydrogen) atoms. The molecule has 2 aromatic carbocycles. The van der Waals surface area contributed by atoms with Gasteiger partial charge in [-0.2, -0.15) is 0 Å². The number of nitrogens with zero attached hydrogens (tertiary/aromatic N) is 1. The molecular weight excluding hydrogens is 260 g/mol. The normalized spacial score (nSPS) is 14.0. The van der Waals surface area contributed by atoms with E-state index in [1.54, 1.807) is 0 Å². The van der Waals surface area contributed by atoms with E-state index in [9.17, 15) is 4.79 Å². The number of anilines is 1. The molecule has 0 atom stereocenters. The van der Waals surface area contributed by atoms with E-state index in [1.807, 2.05) is 0 Å². The predicted molar refractivity (Wildman–Crippen MR) is 86.2 cm³/mol. The third-order valence-corrected chi connectivity index (χ3v) is 3.79. The van der Waals surface area contributed by atoms with Crippen LogP contribution in [0.5, 0.6) is 0 Å². The number of hydrogen-bond donors (Lipinski definition) is 1. The highest BCUT2D eigenvalue weighted by Gasteiger charge is 2.15. The van der Waals surface area contributed by atoms with Crippen molar-refractivity contribution < 1.29 is 4.79 Å². The maximum Gasteiger partial charge on any atom is 0.224 e. The van der Waals surface area contributed by atoms with Gasteiger partial charge in [0.2, 0.25) is 5.91 Å². The number of amides is 1. The van der Waals surface area contributed by atoms with Gasteiger partial charge in [-0.1, -0.05) is 36.4 Å². The SMILES string of the molecule is CN(C)Cc1ccc(-c2ccc3c(c2)NC(=O)CC3)cc1. The second-order valence-electron chi connectivity index (χ2n) is 5.85. The summed E-state index contributed by atoms with van der Waals surface area (Å²) in [5, 5.41) is 2.96. The van der Waals surface area contributed by atoms with E-state index in [4.69, 9.17) is 0 Å². The standard InChI is InChI=1S/C18H20N2O/c1-20(2)12-13-3-5-14(6-4-13)16-8-7-15-9-10-18(21)19-17(15)11-16/h3-8,11H,9-10,12H2,1-2H3,(H,19,21). The van der Waals surface area contributed by atoms with E-state index in [2.05, 4.69) is 66.8 Å². The molecule has 108 valence electrons. The van der Waals surface area contributed by atoms with Crippen LogP contribution in [0.3, 0.4) is 0 Å². The molecular formula is C18H20N2O. The van der Waals surface area contributed by atoms with Gasteiger partial charge < -0.3 is 10.2 Å². The Labute approximate surface area is 125 Å². The number of rotatable bonds is 3. The first-order chi connectivity index (χ1) is 10.1. The summed E-state index contributed by atoms with van der Waals surface area (Å²) in [4.78, 5) is 13.7. The Kier molecular flexibility index (Phi) is 3.76. The van der Waals surface area contributed by atoms with Gasteiger partial charge in [0.15, 0.2) is 0 Å². The second-order valence-corrected chi connectivity index (χ2v) is 5.85. The van der Waals surface area contributed by atoms with Crippen molar-refractivity contribution in [1.29, 1.82) is 0 Å². The molecule has 1 N–H and O–H groups in total.